The number of carbonyl (C=O) groups is 2. The van der Waals surface area contributed by atoms with E-state index in [1.165, 1.54) is 38.5 Å². The van der Waals surface area contributed by atoms with Gasteiger partial charge in [0.15, 0.2) is 11.9 Å². The molecule has 40 heavy (non-hydrogen) atoms. The van der Waals surface area contributed by atoms with Crippen molar-refractivity contribution >= 4 is 11.8 Å². The normalized spacial score (nSPS) is 37.5. The Hall–Kier alpha value is -1.90. The molecule has 0 aromatic heterocycles. The molecule has 3 nitrogen and oxygen atoms in total. The van der Waals surface area contributed by atoms with Crippen LogP contribution >= 0.6 is 0 Å². The molecule has 5 rings (SSSR count). The van der Waals surface area contributed by atoms with E-state index in [4.69, 9.17) is 4.74 Å². The average Bonchev–Trinajstić information content (AvgIpc) is 3.18. The van der Waals surface area contributed by atoms with Crippen LogP contribution in [0.2, 0.25) is 0 Å². The number of fused-ring (bicyclic) bond motifs is 4. The summed E-state index contributed by atoms with van der Waals surface area (Å²) in [4.78, 5) is 26.9. The lowest BCUT2D eigenvalue weighted by molar-refractivity contribution is -0.154. The number of allylic oxidation sites excluding steroid dienone is 2. The molecule has 4 aliphatic carbocycles. The van der Waals surface area contributed by atoms with Crippen molar-refractivity contribution in [1.29, 1.82) is 0 Å². The minimum Gasteiger partial charge on any atom is -0.451 e. The second kappa shape index (κ2) is 10.4. The van der Waals surface area contributed by atoms with Gasteiger partial charge in [-0.1, -0.05) is 104 Å². The second-order valence-electron chi connectivity index (χ2n) is 15.7. The summed E-state index contributed by atoms with van der Waals surface area (Å²) >= 11 is 0. The molecule has 0 spiro atoms. The van der Waals surface area contributed by atoms with Crippen molar-refractivity contribution in [2.45, 2.75) is 126 Å². The lowest BCUT2D eigenvalue weighted by Crippen LogP contribution is -2.58. The molecule has 1 aromatic rings. The number of Topliss-reactive ketones (excluding diaryl/α,β-unsaturated/α-hetero) is 1. The highest BCUT2D eigenvalue weighted by atomic mass is 16.5. The number of rotatable bonds is 7. The summed E-state index contributed by atoms with van der Waals surface area (Å²) < 4.78 is 6.04. The minimum absolute atomic E-state index is 0.103. The molecule has 0 amide bonds. The van der Waals surface area contributed by atoms with Crippen molar-refractivity contribution in [3.05, 3.63) is 47.0 Å². The first kappa shape index (κ1) is 29.6. The third kappa shape index (κ3) is 4.53. The molecule has 2 unspecified atom stereocenters. The fraction of sp³-hybridized carbons (Fsp3) is 0.730. The maximum absolute atomic E-state index is 13.8. The topological polar surface area (TPSA) is 43.4 Å². The standard InChI is InChI=1S/C37H54O3/c1-24(2)13-12-14-25(3)27-19-21-37(8)29-17-18-31-34(4,5)32(38)30(40-33(39)26-15-10-9-11-16-26)23-35(31,6)28(29)20-22-36(27,37)7/h9-11,15-16,24-25,27,30-31H,12-14,17-23H2,1-8H3/t25-,27-,30?,31?,35-,36-,37+/m1/s1. The molecule has 0 bridgehead atoms. The van der Waals surface area contributed by atoms with Gasteiger partial charge in [-0.2, -0.15) is 0 Å². The van der Waals surface area contributed by atoms with Crippen LogP contribution in [0.1, 0.15) is 130 Å². The lowest BCUT2D eigenvalue weighted by atomic mass is 9.43. The molecule has 4 aliphatic rings. The number of hydrogen-bond donors (Lipinski definition) is 0. The maximum Gasteiger partial charge on any atom is 0.338 e. The van der Waals surface area contributed by atoms with E-state index in [2.05, 4.69) is 55.4 Å². The Morgan fingerprint density at radius 1 is 0.925 bits per heavy atom. The van der Waals surface area contributed by atoms with E-state index in [9.17, 15) is 9.59 Å². The van der Waals surface area contributed by atoms with Crippen molar-refractivity contribution in [2.75, 3.05) is 0 Å². The predicted octanol–water partition coefficient (Wildman–Crippen LogP) is 9.60. The SMILES string of the molecule is CC(C)CCC[C@@H](C)[C@H]1CC[C@@]2(C)C3=C(CC[C@]12C)[C@@]1(C)CC(OC(=O)c2ccccc2)C(=O)C(C)(C)C1CC3. The molecular formula is C37H54O3. The zero-order chi connectivity index (χ0) is 29.1. The summed E-state index contributed by atoms with van der Waals surface area (Å²) in [6.07, 6.45) is 11.2. The Balaban J connectivity index is 1.44. The fourth-order valence-corrected chi connectivity index (χ4v) is 10.5. The minimum atomic E-state index is -0.686. The van der Waals surface area contributed by atoms with Crippen LogP contribution in [0.25, 0.3) is 0 Å². The highest BCUT2D eigenvalue weighted by Crippen LogP contribution is 2.72. The number of ketones is 1. The van der Waals surface area contributed by atoms with E-state index in [0.717, 1.165) is 37.0 Å². The van der Waals surface area contributed by atoms with Gasteiger partial charge in [-0.3, -0.25) is 4.79 Å². The number of esters is 1. The van der Waals surface area contributed by atoms with E-state index in [1.807, 2.05) is 18.2 Å². The third-order valence-corrected chi connectivity index (χ3v) is 12.9. The first-order valence-corrected chi connectivity index (χ1v) is 16.3. The highest BCUT2D eigenvalue weighted by molar-refractivity contribution is 5.95. The van der Waals surface area contributed by atoms with E-state index >= 15 is 0 Å². The first-order chi connectivity index (χ1) is 18.8. The molecule has 0 aliphatic heterocycles. The van der Waals surface area contributed by atoms with Crippen LogP contribution < -0.4 is 0 Å². The van der Waals surface area contributed by atoms with Gasteiger partial charge in [0.25, 0.3) is 0 Å². The molecule has 0 heterocycles. The van der Waals surface area contributed by atoms with E-state index in [1.54, 1.807) is 23.3 Å². The predicted molar refractivity (Wildman–Crippen MR) is 163 cm³/mol. The average molecular weight is 547 g/mol. The molecule has 7 atom stereocenters. The van der Waals surface area contributed by atoms with Crippen molar-refractivity contribution in [1.82, 2.24) is 0 Å². The van der Waals surface area contributed by atoms with E-state index in [0.29, 0.717) is 17.4 Å². The molecule has 0 radical (unpaired) electrons. The molecule has 220 valence electrons. The number of ether oxygens (including phenoxy) is 1. The smallest absolute Gasteiger partial charge is 0.338 e. The van der Waals surface area contributed by atoms with Crippen LogP contribution in [-0.2, 0) is 9.53 Å². The molecule has 1 aromatic carbocycles. The van der Waals surface area contributed by atoms with Crippen LogP contribution in [0.15, 0.2) is 41.5 Å². The molecule has 0 N–H and O–H groups in total. The third-order valence-electron chi connectivity index (χ3n) is 12.9. The zero-order valence-corrected chi connectivity index (χ0v) is 26.6. The molecule has 0 saturated heterocycles. The van der Waals surface area contributed by atoms with Crippen LogP contribution in [0.4, 0.5) is 0 Å². The summed E-state index contributed by atoms with van der Waals surface area (Å²) in [5.74, 6) is 2.36. The Morgan fingerprint density at radius 3 is 2.30 bits per heavy atom. The highest BCUT2D eigenvalue weighted by Gasteiger charge is 2.64. The Kier molecular flexibility index (Phi) is 7.71. The van der Waals surface area contributed by atoms with Gasteiger partial charge >= 0.3 is 5.97 Å². The fourth-order valence-electron chi connectivity index (χ4n) is 10.5. The van der Waals surface area contributed by atoms with Crippen molar-refractivity contribution < 1.29 is 14.3 Å². The maximum atomic E-state index is 13.8. The molecule has 2 saturated carbocycles. The second-order valence-corrected chi connectivity index (χ2v) is 15.7. The van der Waals surface area contributed by atoms with Crippen LogP contribution in [0.5, 0.6) is 0 Å². The van der Waals surface area contributed by atoms with Gasteiger partial charge < -0.3 is 4.74 Å². The van der Waals surface area contributed by atoms with E-state index < -0.39 is 11.5 Å². The van der Waals surface area contributed by atoms with Crippen LogP contribution in [-0.4, -0.2) is 17.9 Å². The van der Waals surface area contributed by atoms with Crippen molar-refractivity contribution in [3.63, 3.8) is 0 Å². The first-order valence-electron chi connectivity index (χ1n) is 16.3. The summed E-state index contributed by atoms with van der Waals surface area (Å²) in [6, 6.07) is 9.13. The Bertz CT molecular complexity index is 1160. The van der Waals surface area contributed by atoms with Gasteiger partial charge in [0, 0.05) is 11.8 Å². The lowest BCUT2D eigenvalue weighted by Gasteiger charge is -2.61. The summed E-state index contributed by atoms with van der Waals surface area (Å²) in [7, 11) is 0. The van der Waals surface area contributed by atoms with Gasteiger partial charge in [0.2, 0.25) is 0 Å². The summed E-state index contributed by atoms with van der Waals surface area (Å²) in [5, 5.41) is 0. The summed E-state index contributed by atoms with van der Waals surface area (Å²) in [5.41, 5.74) is 3.80. The van der Waals surface area contributed by atoms with Gasteiger partial charge in [0.1, 0.15) is 0 Å². The molecular weight excluding hydrogens is 492 g/mol. The Morgan fingerprint density at radius 2 is 1.62 bits per heavy atom. The van der Waals surface area contributed by atoms with Crippen LogP contribution in [0.3, 0.4) is 0 Å². The van der Waals surface area contributed by atoms with Gasteiger partial charge in [-0.25, -0.2) is 4.79 Å². The van der Waals surface area contributed by atoms with Crippen LogP contribution in [0, 0.1) is 45.3 Å². The number of hydrogen-bond acceptors (Lipinski definition) is 3. The monoisotopic (exact) mass is 546 g/mol. The van der Waals surface area contributed by atoms with Crippen molar-refractivity contribution in [3.8, 4) is 0 Å². The molecule has 2 fully saturated rings. The Labute approximate surface area is 243 Å². The van der Waals surface area contributed by atoms with Gasteiger partial charge in [0.05, 0.1) is 5.56 Å². The van der Waals surface area contributed by atoms with Crippen molar-refractivity contribution in [2.24, 2.45) is 45.3 Å². The number of carbonyl (C=O) groups excluding carboxylic acids is 2. The summed E-state index contributed by atoms with van der Waals surface area (Å²) in [6.45, 7) is 19.1. The van der Waals surface area contributed by atoms with Gasteiger partial charge in [-0.05, 0) is 90.6 Å². The largest absolute Gasteiger partial charge is 0.451 e. The molecule has 3 heteroatoms. The number of benzene rings is 1. The van der Waals surface area contributed by atoms with E-state index in [-0.39, 0.29) is 28.5 Å². The zero-order valence-electron chi connectivity index (χ0n) is 26.6. The quantitative estimate of drug-likeness (QED) is 0.253. The van der Waals surface area contributed by atoms with Gasteiger partial charge in [-0.15, -0.1) is 0 Å².